The number of allylic oxidation sites excluding steroid dienone is 1. The third kappa shape index (κ3) is 6.66. The van der Waals surface area contributed by atoms with Crippen molar-refractivity contribution in [2.75, 3.05) is 56.4 Å². The molecule has 1 saturated carbocycles. The minimum atomic E-state index is -4.43. The van der Waals surface area contributed by atoms with Gasteiger partial charge in [-0.05, 0) is 65.8 Å². The van der Waals surface area contributed by atoms with Gasteiger partial charge in [0.2, 0.25) is 0 Å². The summed E-state index contributed by atoms with van der Waals surface area (Å²) in [6.45, 7) is 8.65. The Balaban J connectivity index is 1.06. The Bertz CT molecular complexity index is 1570. The molecule has 7 rings (SSSR count). The van der Waals surface area contributed by atoms with Crippen LogP contribution in [0.3, 0.4) is 0 Å². The van der Waals surface area contributed by atoms with Gasteiger partial charge < -0.3 is 20.4 Å². The number of alkyl halides is 3. The fraction of sp³-hybridized carbons (Fsp3) is 0.429. The first-order valence-electron chi connectivity index (χ1n) is 15.7. The Hall–Kier alpha value is -4.05. The van der Waals surface area contributed by atoms with Gasteiger partial charge in [-0.15, -0.1) is 0 Å². The summed E-state index contributed by atoms with van der Waals surface area (Å²) in [5.74, 6) is 1.11. The molecule has 4 aliphatic rings. The number of hydrogen-bond donors (Lipinski definition) is 2. The Kier molecular flexibility index (Phi) is 8.52. The van der Waals surface area contributed by atoms with Crippen molar-refractivity contribution in [3.63, 3.8) is 0 Å². The number of benzene rings is 3. The van der Waals surface area contributed by atoms with E-state index in [1.165, 1.54) is 17.7 Å². The molecule has 7 nitrogen and oxygen atoms in total. The van der Waals surface area contributed by atoms with Crippen molar-refractivity contribution in [1.82, 2.24) is 14.7 Å². The van der Waals surface area contributed by atoms with E-state index in [9.17, 15) is 22.8 Å². The molecule has 2 atom stereocenters. The molecular weight excluding hydrogens is 579 g/mol. The molecular formula is C35H40F3N5O2. The highest BCUT2D eigenvalue weighted by Crippen LogP contribution is 2.59. The summed E-state index contributed by atoms with van der Waals surface area (Å²) in [6.07, 6.45) is -0.0160. The molecule has 10 heteroatoms. The first kappa shape index (κ1) is 31.0. The van der Waals surface area contributed by atoms with Crippen LogP contribution >= 0.6 is 0 Å². The molecule has 0 radical (unpaired) electrons. The third-order valence-electron chi connectivity index (χ3n) is 10.1. The van der Waals surface area contributed by atoms with Crippen molar-refractivity contribution < 1.29 is 22.8 Å². The highest BCUT2D eigenvalue weighted by Gasteiger charge is 2.51. The van der Waals surface area contributed by atoms with Crippen LogP contribution in [0.15, 0.2) is 78.4 Å². The summed E-state index contributed by atoms with van der Waals surface area (Å²) in [7, 11) is 0. The van der Waals surface area contributed by atoms with Gasteiger partial charge in [0.05, 0.1) is 11.3 Å². The van der Waals surface area contributed by atoms with Crippen LogP contribution in [0.5, 0.6) is 0 Å². The van der Waals surface area contributed by atoms with E-state index in [1.807, 2.05) is 47.4 Å². The summed E-state index contributed by atoms with van der Waals surface area (Å²) in [4.78, 5) is 32.5. The fourth-order valence-electron chi connectivity index (χ4n) is 7.04. The second-order valence-electron chi connectivity index (χ2n) is 13.0. The number of piperazine rings is 1. The minimum absolute atomic E-state index is 0.130. The summed E-state index contributed by atoms with van der Waals surface area (Å²) in [6, 6.07) is 17.9. The van der Waals surface area contributed by atoms with E-state index in [0.717, 1.165) is 41.4 Å². The van der Waals surface area contributed by atoms with Gasteiger partial charge in [-0.25, -0.2) is 9.59 Å². The lowest BCUT2D eigenvalue weighted by Gasteiger charge is -2.57. The number of halogens is 3. The highest BCUT2D eigenvalue weighted by molar-refractivity contribution is 6.01. The number of fused-ring (bicyclic) bond motifs is 2. The maximum Gasteiger partial charge on any atom is 0.416 e. The third-order valence-corrected chi connectivity index (χ3v) is 10.1. The van der Waals surface area contributed by atoms with E-state index >= 15 is 0 Å². The topological polar surface area (TPSA) is 67.9 Å². The molecule has 2 N–H and O–H groups in total. The standard InChI is InChI=1S/C35H40F3N5O2/c1-34(2)27-11-10-25(30(34)22-27)23-43(32(44)39-28-14-12-26(13-15-28)35(36,37)38)21-18-41-16-19-42(20-17-41)33(45)40-31-9-5-7-24-6-3-4-8-29(24)31/h3-10,12-15,27,30H,11,16-23H2,1-2H3,(H,39,44)(H,40,45). The zero-order valence-corrected chi connectivity index (χ0v) is 25.7. The molecule has 0 spiro atoms. The number of carbonyl (C=O) groups is 2. The van der Waals surface area contributed by atoms with E-state index < -0.39 is 11.7 Å². The van der Waals surface area contributed by atoms with Crippen molar-refractivity contribution in [2.24, 2.45) is 17.3 Å². The lowest BCUT2D eigenvalue weighted by molar-refractivity contribution is -0.137. The SMILES string of the molecule is CC1(C)C2CC=C(CN(CCN3CCN(C(=O)Nc4cccc5ccccc45)CC3)C(=O)Nc3ccc(C(F)(F)F)cc3)C1C2. The van der Waals surface area contributed by atoms with Gasteiger partial charge in [-0.3, -0.25) is 4.90 Å². The zero-order valence-electron chi connectivity index (χ0n) is 25.7. The Labute approximate surface area is 262 Å². The van der Waals surface area contributed by atoms with E-state index in [4.69, 9.17) is 0 Å². The Morgan fingerprint density at radius 3 is 2.33 bits per heavy atom. The number of rotatable bonds is 7. The minimum Gasteiger partial charge on any atom is -0.322 e. The Morgan fingerprint density at radius 1 is 0.933 bits per heavy atom. The molecule has 4 amide bonds. The number of anilines is 2. The second-order valence-corrected chi connectivity index (χ2v) is 13.0. The molecule has 2 bridgehead atoms. The van der Waals surface area contributed by atoms with E-state index in [-0.39, 0.29) is 17.5 Å². The quantitative estimate of drug-likeness (QED) is 0.269. The monoisotopic (exact) mass is 619 g/mol. The molecule has 2 unspecified atom stereocenters. The molecule has 0 aromatic heterocycles. The van der Waals surface area contributed by atoms with Crippen molar-refractivity contribution in [3.05, 3.63) is 83.9 Å². The van der Waals surface area contributed by atoms with Gasteiger partial charge in [0.1, 0.15) is 0 Å². The first-order chi connectivity index (χ1) is 21.5. The van der Waals surface area contributed by atoms with Crippen molar-refractivity contribution >= 4 is 34.2 Å². The number of nitrogens with zero attached hydrogens (tertiary/aromatic N) is 3. The first-order valence-corrected chi connectivity index (χ1v) is 15.7. The largest absolute Gasteiger partial charge is 0.416 e. The van der Waals surface area contributed by atoms with Crippen LogP contribution in [0.4, 0.5) is 34.1 Å². The molecule has 3 aliphatic carbocycles. The maximum absolute atomic E-state index is 13.5. The maximum atomic E-state index is 13.5. The molecule has 3 aromatic carbocycles. The number of hydrogen-bond acceptors (Lipinski definition) is 3. The predicted molar refractivity (Wildman–Crippen MR) is 171 cm³/mol. The number of urea groups is 2. The Morgan fingerprint density at radius 2 is 1.64 bits per heavy atom. The van der Waals surface area contributed by atoms with Crippen LogP contribution in [0.2, 0.25) is 0 Å². The van der Waals surface area contributed by atoms with E-state index in [1.54, 1.807) is 4.90 Å². The fourth-order valence-corrected chi connectivity index (χ4v) is 7.04. The summed E-state index contributed by atoms with van der Waals surface area (Å²) >= 11 is 0. The van der Waals surface area contributed by atoms with Gasteiger partial charge in [0.25, 0.3) is 0 Å². The molecule has 3 aromatic rings. The zero-order chi connectivity index (χ0) is 31.8. The molecule has 45 heavy (non-hydrogen) atoms. The molecule has 1 heterocycles. The lowest BCUT2D eigenvalue weighted by Crippen LogP contribution is -2.53. The van der Waals surface area contributed by atoms with Gasteiger partial charge in [-0.1, -0.05) is 61.9 Å². The number of carbonyl (C=O) groups excluding carboxylic acids is 2. The molecule has 2 fully saturated rings. The van der Waals surface area contributed by atoms with Crippen LogP contribution in [0, 0.1) is 17.3 Å². The van der Waals surface area contributed by atoms with Gasteiger partial charge in [-0.2, -0.15) is 13.2 Å². The van der Waals surface area contributed by atoms with E-state index in [0.29, 0.717) is 63.3 Å². The normalized spacial score (nSPS) is 21.1. The van der Waals surface area contributed by atoms with Crippen LogP contribution in [0.1, 0.15) is 32.3 Å². The molecule has 238 valence electrons. The summed E-state index contributed by atoms with van der Waals surface area (Å²) in [5.41, 5.74) is 1.83. The van der Waals surface area contributed by atoms with Crippen molar-refractivity contribution in [2.45, 2.75) is 32.9 Å². The average molecular weight is 620 g/mol. The lowest BCUT2D eigenvalue weighted by atomic mass is 9.49. The predicted octanol–water partition coefficient (Wildman–Crippen LogP) is 7.53. The van der Waals surface area contributed by atoms with Crippen molar-refractivity contribution in [3.8, 4) is 0 Å². The number of nitrogens with one attached hydrogen (secondary N) is 2. The van der Waals surface area contributed by atoms with Crippen LogP contribution in [-0.4, -0.2) is 72.6 Å². The second kappa shape index (κ2) is 12.4. The number of amides is 4. The van der Waals surface area contributed by atoms with E-state index in [2.05, 4.69) is 35.5 Å². The highest BCUT2D eigenvalue weighted by atomic mass is 19.4. The van der Waals surface area contributed by atoms with Gasteiger partial charge in [0, 0.05) is 56.9 Å². The molecule has 1 aliphatic heterocycles. The molecule has 1 saturated heterocycles. The van der Waals surface area contributed by atoms with Gasteiger partial charge in [0.15, 0.2) is 0 Å². The average Bonchev–Trinajstić information content (AvgIpc) is 3.03. The van der Waals surface area contributed by atoms with Crippen LogP contribution in [0.25, 0.3) is 10.8 Å². The van der Waals surface area contributed by atoms with Crippen LogP contribution in [-0.2, 0) is 6.18 Å². The van der Waals surface area contributed by atoms with Crippen molar-refractivity contribution in [1.29, 1.82) is 0 Å². The summed E-state index contributed by atoms with van der Waals surface area (Å²) < 4.78 is 39.1. The smallest absolute Gasteiger partial charge is 0.322 e. The van der Waals surface area contributed by atoms with Gasteiger partial charge >= 0.3 is 18.2 Å². The summed E-state index contributed by atoms with van der Waals surface area (Å²) in [5, 5.41) is 7.95. The van der Waals surface area contributed by atoms with Crippen LogP contribution < -0.4 is 10.6 Å².